The Morgan fingerprint density at radius 1 is 0.500 bits per heavy atom. The van der Waals surface area contributed by atoms with Crippen molar-refractivity contribution in [2.45, 2.75) is 24.7 Å². The highest BCUT2D eigenvalue weighted by Gasteiger charge is 2.80. The highest BCUT2D eigenvalue weighted by molar-refractivity contribution is 7.19. The number of thiophene rings is 2. The Kier molecular flexibility index (Phi) is 6.31. The summed E-state index contributed by atoms with van der Waals surface area (Å²) in [6, 6.07) is 28.6. The molecule has 0 bridgehead atoms. The second-order valence-electron chi connectivity index (χ2n) is 9.51. The molecule has 0 unspecified atom stereocenters. The molecule has 2 aromatic heterocycles. The molecule has 3 aromatic carbocycles. The van der Waals surface area contributed by atoms with Crippen LogP contribution in [0.15, 0.2) is 103 Å². The maximum atomic E-state index is 15.8. The van der Waals surface area contributed by atoms with E-state index in [0.29, 0.717) is 26.4 Å². The molecule has 0 spiro atoms. The van der Waals surface area contributed by atoms with Crippen LogP contribution in [0.4, 0.5) is 26.3 Å². The van der Waals surface area contributed by atoms with Gasteiger partial charge in [0, 0.05) is 36.2 Å². The van der Waals surface area contributed by atoms with Crippen molar-refractivity contribution in [3.05, 3.63) is 119 Å². The molecule has 0 atom stereocenters. The molecule has 0 saturated heterocycles. The van der Waals surface area contributed by atoms with Crippen molar-refractivity contribution >= 4 is 33.8 Å². The van der Waals surface area contributed by atoms with Crippen LogP contribution in [0.3, 0.4) is 0 Å². The summed E-state index contributed by atoms with van der Waals surface area (Å²) in [5.74, 6) is -15.9. The number of alkyl halides is 6. The number of rotatable bonds is 5. The summed E-state index contributed by atoms with van der Waals surface area (Å²) in [7, 11) is 0. The number of aryl methyl sites for hydroxylation is 1. The Balaban J connectivity index is 1.68. The summed E-state index contributed by atoms with van der Waals surface area (Å²) in [5, 5.41) is 0. The lowest BCUT2D eigenvalue weighted by Crippen LogP contribution is -2.48. The molecule has 2 heterocycles. The van der Waals surface area contributed by atoms with E-state index in [4.69, 9.17) is 0 Å². The summed E-state index contributed by atoms with van der Waals surface area (Å²) in [5.41, 5.74) is -1.47. The zero-order valence-corrected chi connectivity index (χ0v) is 22.5. The molecule has 0 saturated carbocycles. The number of halogens is 6. The number of hydrogen-bond acceptors (Lipinski definition) is 2. The van der Waals surface area contributed by atoms with Crippen LogP contribution in [0.25, 0.3) is 42.5 Å². The highest BCUT2D eigenvalue weighted by Crippen LogP contribution is 2.66. The summed E-state index contributed by atoms with van der Waals surface area (Å²) in [6.07, 6.45) is 0. The third-order valence-electron chi connectivity index (χ3n) is 7.01. The average molecular weight is 583 g/mol. The van der Waals surface area contributed by atoms with E-state index in [0.717, 1.165) is 22.7 Å². The van der Waals surface area contributed by atoms with E-state index in [2.05, 4.69) is 0 Å². The van der Waals surface area contributed by atoms with Crippen molar-refractivity contribution < 1.29 is 26.3 Å². The topological polar surface area (TPSA) is 0 Å². The van der Waals surface area contributed by atoms with Gasteiger partial charge in [0.25, 0.3) is 0 Å². The monoisotopic (exact) mass is 582 g/mol. The highest BCUT2D eigenvalue weighted by atomic mass is 32.1. The number of hydrogen-bond donors (Lipinski definition) is 0. The van der Waals surface area contributed by atoms with Crippen LogP contribution in [0, 0.1) is 6.92 Å². The minimum absolute atomic E-state index is 0.219. The number of benzene rings is 3. The Hall–Kier alpha value is -3.62. The average Bonchev–Trinajstić information content (AvgIpc) is 3.58. The lowest BCUT2D eigenvalue weighted by molar-refractivity contribution is -0.254. The first kappa shape index (κ1) is 26.6. The maximum absolute atomic E-state index is 15.8. The molecule has 0 nitrogen and oxygen atoms in total. The van der Waals surface area contributed by atoms with Gasteiger partial charge >= 0.3 is 17.8 Å². The van der Waals surface area contributed by atoms with Gasteiger partial charge in [-0.05, 0) is 41.3 Å². The molecular formula is C32H20F6S2. The van der Waals surface area contributed by atoms with Crippen molar-refractivity contribution in [3.8, 4) is 31.3 Å². The lowest BCUT2D eigenvalue weighted by atomic mass is 9.93. The van der Waals surface area contributed by atoms with Gasteiger partial charge in [-0.25, -0.2) is 0 Å². The minimum atomic E-state index is -5.63. The molecule has 0 N–H and O–H groups in total. The van der Waals surface area contributed by atoms with Crippen molar-refractivity contribution in [1.29, 1.82) is 0 Å². The Bertz CT molecular complexity index is 1720. The number of allylic oxidation sites excluding steroid dienone is 2. The molecule has 0 fully saturated rings. The largest absolute Gasteiger partial charge is 0.380 e. The molecular weight excluding hydrogens is 562 g/mol. The van der Waals surface area contributed by atoms with Crippen LogP contribution in [0.5, 0.6) is 0 Å². The fourth-order valence-electron chi connectivity index (χ4n) is 5.03. The molecule has 0 amide bonds. The molecule has 1 aliphatic rings. The molecule has 202 valence electrons. The van der Waals surface area contributed by atoms with E-state index in [1.54, 1.807) is 91.0 Å². The van der Waals surface area contributed by atoms with Gasteiger partial charge in [0.15, 0.2) is 0 Å². The quantitative estimate of drug-likeness (QED) is 0.181. The van der Waals surface area contributed by atoms with Gasteiger partial charge in [0.2, 0.25) is 0 Å². The lowest BCUT2D eigenvalue weighted by Gasteiger charge is -2.25. The van der Waals surface area contributed by atoms with Gasteiger partial charge < -0.3 is 0 Å². The molecule has 40 heavy (non-hydrogen) atoms. The minimum Gasteiger partial charge on any atom is -0.194 e. The molecule has 5 aromatic rings. The van der Waals surface area contributed by atoms with Crippen molar-refractivity contribution in [2.24, 2.45) is 0 Å². The smallest absolute Gasteiger partial charge is 0.194 e. The molecule has 8 heteroatoms. The molecule has 0 aliphatic heterocycles. The summed E-state index contributed by atoms with van der Waals surface area (Å²) < 4.78 is 93.3. The summed E-state index contributed by atoms with van der Waals surface area (Å²) >= 11 is 2.20. The second kappa shape index (κ2) is 9.49. The van der Waals surface area contributed by atoms with Gasteiger partial charge in [-0.2, -0.15) is 26.3 Å². The van der Waals surface area contributed by atoms with E-state index < -0.39 is 28.9 Å². The van der Waals surface area contributed by atoms with E-state index >= 15 is 26.3 Å². The van der Waals surface area contributed by atoms with Crippen molar-refractivity contribution in [3.63, 3.8) is 0 Å². The Labute approximate surface area is 234 Å². The first-order valence-corrected chi connectivity index (χ1v) is 14.0. The zero-order chi connectivity index (χ0) is 28.3. The molecule has 0 radical (unpaired) electrons. The van der Waals surface area contributed by atoms with Crippen LogP contribution in [0.2, 0.25) is 0 Å². The van der Waals surface area contributed by atoms with Crippen LogP contribution in [-0.4, -0.2) is 17.8 Å². The third-order valence-corrected chi connectivity index (χ3v) is 9.34. The van der Waals surface area contributed by atoms with Gasteiger partial charge in [-0.3, -0.25) is 0 Å². The summed E-state index contributed by atoms with van der Waals surface area (Å²) in [4.78, 5) is 1.49. The van der Waals surface area contributed by atoms with Crippen LogP contribution >= 0.6 is 22.7 Å². The first-order valence-electron chi connectivity index (χ1n) is 12.3. The molecule has 1 aliphatic carbocycles. The standard InChI is InChI=1S/C32H20F6S2/c1-19-23(17-25(39-19)20-11-5-2-6-12-20)27-28(31(35,36)32(37,38)30(27,33)34)24-18-26(21-13-7-3-8-14-21)40-29(24)22-15-9-4-10-16-22/h2-18H,1H3. The van der Waals surface area contributed by atoms with Gasteiger partial charge in [-0.15, -0.1) is 22.7 Å². The zero-order valence-electron chi connectivity index (χ0n) is 20.9. The third kappa shape index (κ3) is 3.96. The van der Waals surface area contributed by atoms with Gasteiger partial charge in [-0.1, -0.05) is 91.0 Å². The van der Waals surface area contributed by atoms with E-state index in [1.165, 1.54) is 19.1 Å². The van der Waals surface area contributed by atoms with Gasteiger partial charge in [0.1, 0.15) is 0 Å². The maximum Gasteiger partial charge on any atom is 0.380 e. The fourth-order valence-corrected chi connectivity index (χ4v) is 7.24. The SMILES string of the molecule is Cc1sc(-c2ccccc2)cc1C1=C(c2cc(-c3ccccc3)sc2-c2ccccc2)C(F)(F)C(F)(F)C1(F)F. The van der Waals surface area contributed by atoms with Crippen LogP contribution in [0.1, 0.15) is 16.0 Å². The van der Waals surface area contributed by atoms with Crippen molar-refractivity contribution in [2.75, 3.05) is 0 Å². The summed E-state index contributed by atoms with van der Waals surface area (Å²) in [6.45, 7) is 1.49. The predicted octanol–water partition coefficient (Wildman–Crippen LogP) is 10.9. The van der Waals surface area contributed by atoms with Gasteiger partial charge in [0.05, 0.1) is 0 Å². The van der Waals surface area contributed by atoms with Crippen molar-refractivity contribution in [1.82, 2.24) is 0 Å². The Morgan fingerprint density at radius 2 is 0.900 bits per heavy atom. The van der Waals surface area contributed by atoms with E-state index in [1.807, 2.05) is 0 Å². The predicted molar refractivity (Wildman–Crippen MR) is 151 cm³/mol. The first-order chi connectivity index (χ1) is 19.0. The Morgan fingerprint density at radius 3 is 1.40 bits per heavy atom. The second-order valence-corrected chi connectivity index (χ2v) is 11.8. The normalized spacial score (nSPS) is 17.4. The fraction of sp³-hybridized carbons (Fsp3) is 0.125. The van der Waals surface area contributed by atoms with E-state index in [-0.39, 0.29) is 20.9 Å². The van der Waals surface area contributed by atoms with Crippen LogP contribution in [-0.2, 0) is 0 Å². The molecule has 6 rings (SSSR count). The van der Waals surface area contributed by atoms with Crippen LogP contribution < -0.4 is 0 Å². The van der Waals surface area contributed by atoms with E-state index in [9.17, 15) is 0 Å².